The fourth-order valence-electron chi connectivity index (χ4n) is 2.69. The van der Waals surface area contributed by atoms with Gasteiger partial charge in [-0.1, -0.05) is 12.8 Å². The Morgan fingerprint density at radius 3 is 2.79 bits per heavy atom. The zero-order valence-electron chi connectivity index (χ0n) is 13.1. The van der Waals surface area contributed by atoms with Gasteiger partial charge in [-0.3, -0.25) is 14.9 Å². The molecule has 2 aromatic rings. The van der Waals surface area contributed by atoms with Crippen LogP contribution in [-0.2, 0) is 7.05 Å². The van der Waals surface area contributed by atoms with Crippen LogP contribution in [-0.4, -0.2) is 31.6 Å². The lowest BCUT2D eigenvalue weighted by Gasteiger charge is -2.12. The van der Waals surface area contributed by atoms with Crippen LogP contribution in [0.5, 0.6) is 0 Å². The van der Waals surface area contributed by atoms with Crippen molar-refractivity contribution in [2.24, 2.45) is 7.05 Å². The average Bonchev–Trinajstić information content (AvgIpc) is 3.20. The van der Waals surface area contributed by atoms with E-state index in [-0.39, 0.29) is 17.6 Å². The SMILES string of the molecule is Cn1cnnc1Sc1ccc(C(=O)NC2CCCC2)cc1[N+](=O)[O-]. The van der Waals surface area contributed by atoms with Gasteiger partial charge in [0.15, 0.2) is 5.16 Å². The number of nitro groups is 1. The van der Waals surface area contributed by atoms with Crippen LogP contribution < -0.4 is 5.32 Å². The number of rotatable bonds is 5. The largest absolute Gasteiger partial charge is 0.349 e. The number of carbonyl (C=O) groups excluding carboxylic acids is 1. The van der Waals surface area contributed by atoms with E-state index in [1.54, 1.807) is 23.7 Å². The normalized spacial score (nSPS) is 14.7. The summed E-state index contributed by atoms with van der Waals surface area (Å²) in [5.74, 6) is -0.264. The molecule has 8 nitrogen and oxygen atoms in total. The van der Waals surface area contributed by atoms with Crippen LogP contribution in [0.1, 0.15) is 36.0 Å². The van der Waals surface area contributed by atoms with Crippen molar-refractivity contribution in [1.82, 2.24) is 20.1 Å². The van der Waals surface area contributed by atoms with Crippen molar-refractivity contribution in [3.8, 4) is 0 Å². The molecule has 1 N–H and O–H groups in total. The van der Waals surface area contributed by atoms with Crippen LogP contribution in [0.3, 0.4) is 0 Å². The van der Waals surface area contributed by atoms with Crippen molar-refractivity contribution in [2.75, 3.05) is 0 Å². The highest BCUT2D eigenvalue weighted by Crippen LogP contribution is 2.34. The number of nitrogens with one attached hydrogen (secondary N) is 1. The third-order valence-corrected chi connectivity index (χ3v) is 5.10. The Balaban J connectivity index is 1.82. The second-order valence-corrected chi connectivity index (χ2v) is 6.73. The molecular weight excluding hydrogens is 330 g/mol. The van der Waals surface area contributed by atoms with Gasteiger partial charge in [-0.25, -0.2) is 0 Å². The minimum Gasteiger partial charge on any atom is -0.349 e. The highest BCUT2D eigenvalue weighted by molar-refractivity contribution is 7.99. The van der Waals surface area contributed by atoms with Crippen molar-refractivity contribution < 1.29 is 9.72 Å². The molecule has 0 atom stereocenters. The number of amides is 1. The number of benzene rings is 1. The molecule has 9 heteroatoms. The highest BCUT2D eigenvalue weighted by atomic mass is 32.2. The predicted molar refractivity (Wildman–Crippen MR) is 87.9 cm³/mol. The van der Waals surface area contributed by atoms with Crippen LogP contribution in [0.25, 0.3) is 0 Å². The zero-order chi connectivity index (χ0) is 17.1. The molecule has 24 heavy (non-hydrogen) atoms. The summed E-state index contributed by atoms with van der Waals surface area (Å²) in [5, 5.41) is 22.5. The zero-order valence-corrected chi connectivity index (χ0v) is 14.0. The van der Waals surface area contributed by atoms with E-state index >= 15 is 0 Å². The molecule has 1 aliphatic carbocycles. The van der Waals surface area contributed by atoms with E-state index in [1.165, 1.54) is 12.4 Å². The maximum Gasteiger partial charge on any atom is 0.284 e. The van der Waals surface area contributed by atoms with E-state index in [9.17, 15) is 14.9 Å². The molecule has 1 aromatic heterocycles. The Hall–Kier alpha value is -2.42. The summed E-state index contributed by atoms with van der Waals surface area (Å²) in [6.45, 7) is 0. The summed E-state index contributed by atoms with van der Waals surface area (Å²) >= 11 is 1.15. The maximum absolute atomic E-state index is 12.3. The van der Waals surface area contributed by atoms with Gasteiger partial charge < -0.3 is 9.88 Å². The van der Waals surface area contributed by atoms with Crippen LogP contribution in [0.15, 0.2) is 34.6 Å². The Morgan fingerprint density at radius 1 is 1.42 bits per heavy atom. The third-order valence-electron chi connectivity index (χ3n) is 3.98. The minimum atomic E-state index is -0.481. The molecule has 3 rings (SSSR count). The van der Waals surface area contributed by atoms with Gasteiger partial charge in [0, 0.05) is 24.7 Å². The van der Waals surface area contributed by atoms with E-state index in [1.807, 2.05) is 0 Å². The van der Waals surface area contributed by atoms with Crippen molar-refractivity contribution in [3.05, 3.63) is 40.2 Å². The van der Waals surface area contributed by atoms with E-state index in [0.717, 1.165) is 37.4 Å². The van der Waals surface area contributed by atoms with Gasteiger partial charge >= 0.3 is 0 Å². The lowest BCUT2D eigenvalue weighted by Crippen LogP contribution is -2.32. The summed E-state index contributed by atoms with van der Waals surface area (Å²) in [5.41, 5.74) is 0.193. The number of hydrogen-bond donors (Lipinski definition) is 1. The van der Waals surface area contributed by atoms with Gasteiger partial charge in [0.05, 0.1) is 9.82 Å². The summed E-state index contributed by atoms with van der Waals surface area (Å²) in [4.78, 5) is 23.6. The molecule has 0 aliphatic heterocycles. The highest BCUT2D eigenvalue weighted by Gasteiger charge is 2.22. The summed E-state index contributed by atoms with van der Waals surface area (Å²) < 4.78 is 1.68. The maximum atomic E-state index is 12.3. The average molecular weight is 347 g/mol. The number of nitrogens with zero attached hydrogens (tertiary/aromatic N) is 4. The van der Waals surface area contributed by atoms with E-state index in [2.05, 4.69) is 15.5 Å². The summed E-state index contributed by atoms with van der Waals surface area (Å²) in [6.07, 6.45) is 5.68. The second kappa shape index (κ2) is 7.00. The number of nitro benzene ring substituents is 1. The number of carbonyl (C=O) groups is 1. The van der Waals surface area contributed by atoms with Crippen LogP contribution in [0.4, 0.5) is 5.69 Å². The summed E-state index contributed by atoms with van der Waals surface area (Å²) in [6, 6.07) is 4.68. The lowest BCUT2D eigenvalue weighted by molar-refractivity contribution is -0.387. The lowest BCUT2D eigenvalue weighted by atomic mass is 10.1. The Bertz CT molecular complexity index is 770. The van der Waals surface area contributed by atoms with Crippen LogP contribution in [0.2, 0.25) is 0 Å². The number of aryl methyl sites for hydroxylation is 1. The Morgan fingerprint density at radius 2 is 2.17 bits per heavy atom. The van der Waals surface area contributed by atoms with Gasteiger partial charge in [-0.15, -0.1) is 10.2 Å². The van der Waals surface area contributed by atoms with Crippen LogP contribution >= 0.6 is 11.8 Å². The fourth-order valence-corrected chi connectivity index (χ4v) is 3.54. The first-order valence-electron chi connectivity index (χ1n) is 7.66. The molecule has 1 saturated carbocycles. The smallest absolute Gasteiger partial charge is 0.284 e. The molecule has 0 bridgehead atoms. The molecule has 1 amide bonds. The molecule has 1 aromatic carbocycles. The molecule has 1 heterocycles. The van der Waals surface area contributed by atoms with Crippen molar-refractivity contribution >= 4 is 23.4 Å². The van der Waals surface area contributed by atoms with E-state index < -0.39 is 4.92 Å². The molecular formula is C15H17N5O3S. The molecule has 126 valence electrons. The van der Waals surface area contributed by atoms with E-state index in [0.29, 0.717) is 15.6 Å². The number of hydrogen-bond acceptors (Lipinski definition) is 6. The molecule has 0 saturated heterocycles. The first-order chi connectivity index (χ1) is 11.5. The second-order valence-electron chi connectivity index (χ2n) is 5.72. The standard InChI is InChI=1S/C15H17N5O3S/c1-19-9-16-18-15(19)24-13-7-6-10(8-12(13)20(22)23)14(21)17-11-4-2-3-5-11/h6-9,11H,2-5H2,1H3,(H,17,21). The summed E-state index contributed by atoms with van der Waals surface area (Å²) in [7, 11) is 1.76. The van der Waals surface area contributed by atoms with Gasteiger partial charge in [-0.05, 0) is 36.7 Å². The number of aromatic nitrogens is 3. The van der Waals surface area contributed by atoms with Gasteiger partial charge in [0.2, 0.25) is 0 Å². The first-order valence-corrected chi connectivity index (χ1v) is 8.47. The van der Waals surface area contributed by atoms with Crippen LogP contribution in [0, 0.1) is 10.1 Å². The van der Waals surface area contributed by atoms with Crippen molar-refractivity contribution in [3.63, 3.8) is 0 Å². The Labute approximate surface area is 142 Å². The molecule has 0 unspecified atom stereocenters. The quantitative estimate of drug-likeness (QED) is 0.658. The van der Waals surface area contributed by atoms with Gasteiger partial charge in [-0.2, -0.15) is 0 Å². The van der Waals surface area contributed by atoms with Gasteiger partial charge in [0.25, 0.3) is 11.6 Å². The fraction of sp³-hybridized carbons (Fsp3) is 0.400. The van der Waals surface area contributed by atoms with Crippen molar-refractivity contribution in [2.45, 2.75) is 41.8 Å². The topological polar surface area (TPSA) is 103 Å². The monoisotopic (exact) mass is 347 g/mol. The first kappa shape index (κ1) is 16.4. The predicted octanol–water partition coefficient (Wildman–Crippen LogP) is 2.55. The molecule has 0 radical (unpaired) electrons. The van der Waals surface area contributed by atoms with Crippen molar-refractivity contribution in [1.29, 1.82) is 0 Å². The molecule has 1 aliphatic rings. The molecule has 1 fully saturated rings. The minimum absolute atomic E-state index is 0.109. The van der Waals surface area contributed by atoms with Gasteiger partial charge in [0.1, 0.15) is 6.33 Å². The Kier molecular flexibility index (Phi) is 4.79. The molecule has 0 spiro atoms. The third kappa shape index (κ3) is 3.56. The van der Waals surface area contributed by atoms with E-state index in [4.69, 9.17) is 0 Å².